The van der Waals surface area contributed by atoms with E-state index in [0.717, 1.165) is 37.2 Å². The molecule has 0 aliphatic carbocycles. The predicted octanol–water partition coefficient (Wildman–Crippen LogP) is 2.95. The largest absolute Gasteiger partial charge is 0.385 e. The number of carbonyl (C=O) groups is 1. The van der Waals surface area contributed by atoms with Gasteiger partial charge >= 0.3 is 0 Å². The maximum atomic E-state index is 11.9. The second-order valence-electron chi connectivity index (χ2n) is 6.76. The summed E-state index contributed by atoms with van der Waals surface area (Å²) in [5.74, 6) is -0.0854. The summed E-state index contributed by atoms with van der Waals surface area (Å²) in [6, 6.07) is 7.54. The van der Waals surface area contributed by atoms with Crippen molar-refractivity contribution in [1.82, 2.24) is 4.72 Å². The minimum atomic E-state index is -3.24. The molecule has 7 heteroatoms. The molecule has 0 unspecified atom stereocenters. The summed E-state index contributed by atoms with van der Waals surface area (Å²) in [5.41, 5.74) is 1.77. The Hall–Kier alpha value is -1.60. The molecule has 0 heterocycles. The first-order valence-electron chi connectivity index (χ1n) is 8.22. The summed E-state index contributed by atoms with van der Waals surface area (Å²) in [7, 11) is -3.24. The van der Waals surface area contributed by atoms with Crippen LogP contribution in [0.5, 0.6) is 0 Å². The first-order chi connectivity index (χ1) is 11.1. The molecule has 0 radical (unpaired) electrons. The molecular weight excluding hydrogens is 326 g/mol. The molecule has 1 aromatic rings. The van der Waals surface area contributed by atoms with E-state index in [1.54, 1.807) is 20.8 Å². The fraction of sp³-hybridized carbons (Fsp3) is 0.588. The summed E-state index contributed by atoms with van der Waals surface area (Å²) in [4.78, 5) is 10.9. The lowest BCUT2D eigenvalue weighted by Gasteiger charge is -2.19. The molecular formula is C17H29N3O3S. The molecule has 1 aromatic carbocycles. The van der Waals surface area contributed by atoms with Gasteiger partial charge in [-0.3, -0.25) is 4.79 Å². The third-order valence-electron chi connectivity index (χ3n) is 3.49. The molecule has 1 amide bonds. The van der Waals surface area contributed by atoms with Crippen LogP contribution in [0.3, 0.4) is 0 Å². The minimum Gasteiger partial charge on any atom is -0.385 e. The number of nitrogens with one attached hydrogen (secondary N) is 3. The van der Waals surface area contributed by atoms with Gasteiger partial charge in [-0.1, -0.05) is 6.42 Å². The van der Waals surface area contributed by atoms with Gasteiger partial charge in [-0.2, -0.15) is 0 Å². The number of hydrogen-bond acceptors (Lipinski definition) is 4. The highest BCUT2D eigenvalue weighted by atomic mass is 32.2. The Morgan fingerprint density at radius 2 is 1.50 bits per heavy atom. The molecule has 0 saturated heterocycles. The van der Waals surface area contributed by atoms with Crippen molar-refractivity contribution in [2.45, 2.75) is 51.7 Å². The van der Waals surface area contributed by atoms with Crippen LogP contribution < -0.4 is 15.4 Å². The molecule has 0 aliphatic rings. The molecule has 6 nitrogen and oxygen atoms in total. The Morgan fingerprint density at radius 3 is 2.04 bits per heavy atom. The first-order valence-corrected chi connectivity index (χ1v) is 9.71. The van der Waals surface area contributed by atoms with E-state index < -0.39 is 14.8 Å². The first kappa shape index (κ1) is 20.4. The van der Waals surface area contributed by atoms with Crippen molar-refractivity contribution < 1.29 is 13.2 Å². The van der Waals surface area contributed by atoms with Crippen LogP contribution in [0.25, 0.3) is 0 Å². The molecule has 24 heavy (non-hydrogen) atoms. The lowest BCUT2D eigenvalue weighted by atomic mass is 10.2. The van der Waals surface area contributed by atoms with E-state index in [9.17, 15) is 13.2 Å². The summed E-state index contributed by atoms with van der Waals surface area (Å²) in [5, 5.41) is 6.03. The number of amides is 1. The molecule has 0 fully saturated rings. The summed E-state index contributed by atoms with van der Waals surface area (Å²) < 4.78 is 25.6. The van der Waals surface area contributed by atoms with Crippen molar-refractivity contribution >= 4 is 27.3 Å². The molecule has 1 rings (SSSR count). The van der Waals surface area contributed by atoms with Crippen LogP contribution in [0.1, 0.15) is 47.0 Å². The fourth-order valence-corrected chi connectivity index (χ4v) is 2.80. The van der Waals surface area contributed by atoms with Crippen molar-refractivity contribution in [3.05, 3.63) is 24.3 Å². The Labute approximate surface area is 145 Å². The number of unbranched alkanes of at least 4 members (excludes halogenated alkanes) is 2. The van der Waals surface area contributed by atoms with Crippen molar-refractivity contribution in [1.29, 1.82) is 0 Å². The van der Waals surface area contributed by atoms with Crippen LogP contribution in [0.15, 0.2) is 24.3 Å². The van der Waals surface area contributed by atoms with E-state index in [4.69, 9.17) is 0 Å². The number of sulfonamides is 1. The minimum absolute atomic E-state index is 0.0854. The second-order valence-corrected chi connectivity index (χ2v) is 9.28. The van der Waals surface area contributed by atoms with Crippen LogP contribution in [-0.2, 0) is 14.8 Å². The van der Waals surface area contributed by atoms with Gasteiger partial charge in [0.2, 0.25) is 15.9 Å². The van der Waals surface area contributed by atoms with Crippen LogP contribution >= 0.6 is 0 Å². The van der Waals surface area contributed by atoms with Gasteiger partial charge in [-0.15, -0.1) is 0 Å². The summed E-state index contributed by atoms with van der Waals surface area (Å²) in [6.07, 6.45) is 2.73. The summed E-state index contributed by atoms with van der Waals surface area (Å²) in [6.45, 7) is 7.85. The van der Waals surface area contributed by atoms with Crippen molar-refractivity contribution in [3.8, 4) is 0 Å². The molecule has 0 saturated carbocycles. The summed E-state index contributed by atoms with van der Waals surface area (Å²) >= 11 is 0. The molecule has 136 valence electrons. The topological polar surface area (TPSA) is 87.3 Å². The number of anilines is 2. The van der Waals surface area contributed by atoms with Gasteiger partial charge in [-0.25, -0.2) is 13.1 Å². The maximum Gasteiger partial charge on any atom is 0.221 e. The quantitative estimate of drug-likeness (QED) is 0.594. The van der Waals surface area contributed by atoms with Crippen LogP contribution in [0.2, 0.25) is 0 Å². The Morgan fingerprint density at radius 1 is 0.958 bits per heavy atom. The highest BCUT2D eigenvalue weighted by Crippen LogP contribution is 2.14. The smallest absolute Gasteiger partial charge is 0.221 e. The average molecular weight is 356 g/mol. The maximum absolute atomic E-state index is 11.9. The molecule has 0 aromatic heterocycles. The van der Waals surface area contributed by atoms with E-state index >= 15 is 0 Å². The van der Waals surface area contributed by atoms with E-state index in [1.807, 2.05) is 24.3 Å². The zero-order valence-corrected chi connectivity index (χ0v) is 15.8. The van der Waals surface area contributed by atoms with Crippen LogP contribution in [0.4, 0.5) is 11.4 Å². The number of benzene rings is 1. The lowest BCUT2D eigenvalue weighted by Crippen LogP contribution is -2.39. The van der Waals surface area contributed by atoms with Gasteiger partial charge in [0, 0.05) is 31.4 Å². The number of rotatable bonds is 9. The third kappa shape index (κ3) is 7.31. The third-order valence-corrected chi connectivity index (χ3v) is 5.68. The molecule has 0 spiro atoms. The molecule has 0 atom stereocenters. The van der Waals surface area contributed by atoms with Crippen LogP contribution in [-0.4, -0.2) is 32.2 Å². The second kappa shape index (κ2) is 9.03. The number of carbonyl (C=O) groups excluding carboxylic acids is 1. The highest BCUT2D eigenvalue weighted by Gasteiger charge is 2.27. The molecule has 0 bridgehead atoms. The molecule has 3 N–H and O–H groups in total. The zero-order chi connectivity index (χ0) is 18.2. The fourth-order valence-electron chi connectivity index (χ4n) is 1.96. The van der Waals surface area contributed by atoms with Gasteiger partial charge in [0.05, 0.1) is 4.75 Å². The van der Waals surface area contributed by atoms with E-state index in [0.29, 0.717) is 6.54 Å². The van der Waals surface area contributed by atoms with Crippen molar-refractivity contribution in [2.24, 2.45) is 0 Å². The Bertz CT molecular complexity index is 619. The SMILES string of the molecule is CC(=O)Nc1ccc(NCCCCCNS(=O)(=O)C(C)(C)C)cc1. The monoisotopic (exact) mass is 355 g/mol. The van der Waals surface area contributed by atoms with Gasteiger partial charge in [0.25, 0.3) is 0 Å². The standard InChI is InChI=1S/C17H29N3O3S/c1-14(21)20-16-10-8-15(9-11-16)18-12-6-5-7-13-19-24(22,23)17(2,3)4/h8-11,18-19H,5-7,12-13H2,1-4H3,(H,20,21). The van der Waals surface area contributed by atoms with E-state index in [1.165, 1.54) is 6.92 Å². The van der Waals surface area contributed by atoms with Gasteiger partial charge in [0.15, 0.2) is 0 Å². The Kier molecular flexibility index (Phi) is 7.69. The van der Waals surface area contributed by atoms with Gasteiger partial charge in [0.1, 0.15) is 0 Å². The van der Waals surface area contributed by atoms with Crippen molar-refractivity contribution in [2.75, 3.05) is 23.7 Å². The van der Waals surface area contributed by atoms with E-state index in [2.05, 4.69) is 15.4 Å². The van der Waals surface area contributed by atoms with E-state index in [-0.39, 0.29) is 5.91 Å². The normalized spacial score (nSPS) is 12.0. The van der Waals surface area contributed by atoms with Crippen molar-refractivity contribution in [3.63, 3.8) is 0 Å². The Balaban J connectivity index is 2.17. The highest BCUT2D eigenvalue weighted by molar-refractivity contribution is 7.90. The number of hydrogen-bond donors (Lipinski definition) is 3. The average Bonchev–Trinajstić information content (AvgIpc) is 2.46. The zero-order valence-electron chi connectivity index (χ0n) is 15.0. The van der Waals surface area contributed by atoms with Crippen LogP contribution in [0, 0.1) is 0 Å². The lowest BCUT2D eigenvalue weighted by molar-refractivity contribution is -0.114. The van der Waals surface area contributed by atoms with Gasteiger partial charge in [-0.05, 0) is 57.9 Å². The van der Waals surface area contributed by atoms with Gasteiger partial charge < -0.3 is 10.6 Å². The predicted molar refractivity (Wildman–Crippen MR) is 99.8 cm³/mol. The molecule has 0 aliphatic heterocycles.